The van der Waals surface area contributed by atoms with Crippen LogP contribution in [-0.2, 0) is 24.1 Å². The van der Waals surface area contributed by atoms with E-state index in [1.165, 1.54) is 4.90 Å². The zero-order valence-corrected chi connectivity index (χ0v) is 21.4. The predicted octanol–water partition coefficient (Wildman–Crippen LogP) is 5.23. The van der Waals surface area contributed by atoms with Gasteiger partial charge in [-0.3, -0.25) is 19.3 Å². The van der Waals surface area contributed by atoms with Crippen molar-refractivity contribution < 1.29 is 14.4 Å². The van der Waals surface area contributed by atoms with E-state index in [0.29, 0.717) is 5.69 Å². The number of hydrogen-bond donors (Lipinski definition) is 1. The molecule has 0 radical (unpaired) electrons. The van der Waals surface area contributed by atoms with E-state index in [1.54, 1.807) is 0 Å². The maximum Gasteiger partial charge on any atom is 0.235 e. The highest BCUT2D eigenvalue weighted by atomic mass is 35.5. The molecule has 4 aliphatic rings. The van der Waals surface area contributed by atoms with Gasteiger partial charge in [-0.2, -0.15) is 0 Å². The number of alkyl halides is 2. The quantitative estimate of drug-likeness (QED) is 0.380. The summed E-state index contributed by atoms with van der Waals surface area (Å²) in [4.78, 5) is 39.1. The highest BCUT2D eigenvalue weighted by molar-refractivity contribution is 6.36. The van der Waals surface area contributed by atoms with Crippen LogP contribution in [-0.4, -0.2) is 29.2 Å². The number of amides is 3. The van der Waals surface area contributed by atoms with E-state index in [9.17, 15) is 14.4 Å². The van der Waals surface area contributed by atoms with Crippen LogP contribution in [0.1, 0.15) is 39.8 Å². The Hall–Kier alpha value is -3.15. The Morgan fingerprint density at radius 2 is 1.31 bits per heavy atom. The Balaban J connectivity index is 1.33. The van der Waals surface area contributed by atoms with Gasteiger partial charge in [-0.05, 0) is 47.7 Å². The summed E-state index contributed by atoms with van der Waals surface area (Å²) in [5, 5.41) is 2.89. The highest BCUT2D eigenvalue weighted by Gasteiger charge is 2.72. The van der Waals surface area contributed by atoms with E-state index >= 15 is 0 Å². The van der Waals surface area contributed by atoms with Crippen molar-refractivity contribution in [1.82, 2.24) is 4.90 Å². The van der Waals surface area contributed by atoms with Gasteiger partial charge in [0, 0.05) is 18.7 Å². The summed E-state index contributed by atoms with van der Waals surface area (Å²) in [6, 6.07) is 20.8. The molecule has 7 heteroatoms. The molecule has 0 unspecified atom stereocenters. The molecule has 2 atom stereocenters. The Labute approximate surface area is 219 Å². The second-order valence-corrected chi connectivity index (χ2v) is 11.1. The van der Waals surface area contributed by atoms with Crippen LogP contribution in [0.2, 0.25) is 0 Å². The maximum atomic E-state index is 13.8. The van der Waals surface area contributed by atoms with Crippen LogP contribution in [0.5, 0.6) is 0 Å². The lowest BCUT2D eigenvalue weighted by Crippen LogP contribution is -2.57. The Morgan fingerprint density at radius 3 is 1.75 bits per heavy atom. The molecule has 5 nitrogen and oxygen atoms in total. The number of carbonyl (C=O) groups is 3. The molecule has 2 bridgehead atoms. The fraction of sp³-hybridized carbons (Fsp3) is 0.276. The number of hydrogen-bond acceptors (Lipinski definition) is 3. The second-order valence-electron chi connectivity index (χ2n) is 9.91. The van der Waals surface area contributed by atoms with Gasteiger partial charge in [-0.1, -0.05) is 66.2 Å². The molecule has 3 aromatic carbocycles. The van der Waals surface area contributed by atoms with Gasteiger partial charge >= 0.3 is 0 Å². The van der Waals surface area contributed by atoms with Gasteiger partial charge in [-0.25, -0.2) is 0 Å². The number of anilines is 1. The molecule has 182 valence electrons. The molecule has 1 saturated heterocycles. The molecule has 1 heterocycles. The zero-order chi connectivity index (χ0) is 25.4. The first-order valence-corrected chi connectivity index (χ1v) is 12.7. The molecule has 1 N–H and O–H groups in total. The highest BCUT2D eigenvalue weighted by Crippen LogP contribution is 2.69. The summed E-state index contributed by atoms with van der Waals surface area (Å²) in [5.74, 6) is -2.73. The van der Waals surface area contributed by atoms with Crippen LogP contribution in [0.4, 0.5) is 5.69 Å². The average molecular weight is 519 g/mol. The summed E-state index contributed by atoms with van der Waals surface area (Å²) < 4.78 is 0. The summed E-state index contributed by atoms with van der Waals surface area (Å²) >= 11 is 14.8. The molecule has 7 rings (SSSR count). The van der Waals surface area contributed by atoms with Crippen LogP contribution >= 0.6 is 23.2 Å². The molecular formula is C29H24Cl2N2O3. The van der Waals surface area contributed by atoms with Crippen molar-refractivity contribution >= 4 is 46.6 Å². The van der Waals surface area contributed by atoms with E-state index in [2.05, 4.69) is 5.32 Å². The minimum absolute atomic E-state index is 0.0191. The lowest BCUT2D eigenvalue weighted by molar-refractivity contribution is -0.140. The zero-order valence-electron chi connectivity index (χ0n) is 19.8. The molecule has 36 heavy (non-hydrogen) atoms. The Morgan fingerprint density at radius 1 is 0.833 bits per heavy atom. The van der Waals surface area contributed by atoms with Crippen LogP contribution < -0.4 is 5.32 Å². The van der Waals surface area contributed by atoms with E-state index < -0.39 is 21.6 Å². The Bertz CT molecular complexity index is 1340. The molecule has 0 saturated carbocycles. The number of nitrogens with one attached hydrogen (secondary N) is 1. The van der Waals surface area contributed by atoms with Crippen LogP contribution in [0, 0.1) is 25.7 Å². The monoisotopic (exact) mass is 518 g/mol. The molecule has 0 aromatic heterocycles. The topological polar surface area (TPSA) is 66.5 Å². The minimum atomic E-state index is -1.21. The number of halogens is 2. The Kier molecular flexibility index (Phi) is 5.12. The van der Waals surface area contributed by atoms with E-state index in [-0.39, 0.29) is 30.7 Å². The average Bonchev–Trinajstić information content (AvgIpc) is 3.13. The van der Waals surface area contributed by atoms with Crippen molar-refractivity contribution in [3.8, 4) is 0 Å². The third-order valence-electron chi connectivity index (χ3n) is 7.90. The number of carbonyl (C=O) groups excluding carboxylic acids is 3. The predicted molar refractivity (Wildman–Crippen MR) is 139 cm³/mol. The molecule has 1 fully saturated rings. The summed E-state index contributed by atoms with van der Waals surface area (Å²) in [7, 11) is 0. The van der Waals surface area contributed by atoms with Gasteiger partial charge in [-0.15, -0.1) is 23.2 Å². The smallest absolute Gasteiger partial charge is 0.235 e. The van der Waals surface area contributed by atoms with Gasteiger partial charge in [0.05, 0.1) is 11.8 Å². The van der Waals surface area contributed by atoms with Gasteiger partial charge in [0.2, 0.25) is 17.7 Å². The van der Waals surface area contributed by atoms with Gasteiger partial charge in [0.25, 0.3) is 0 Å². The third-order valence-corrected chi connectivity index (χ3v) is 9.18. The molecule has 3 aromatic rings. The lowest BCUT2D eigenvalue weighted by atomic mass is 9.54. The molecule has 3 aliphatic carbocycles. The largest absolute Gasteiger partial charge is 0.326 e. The SMILES string of the molecule is Cc1ccc(NC(=O)CCN2C(=O)[C@H]3[C@H](C2=O)C2(Cl)c4ccccc4C3(Cl)c3ccccc32)c(C)c1. The molecule has 1 aliphatic heterocycles. The van der Waals surface area contributed by atoms with Crippen LogP contribution in [0.25, 0.3) is 0 Å². The van der Waals surface area contributed by atoms with Gasteiger partial charge < -0.3 is 5.32 Å². The molecular weight excluding hydrogens is 495 g/mol. The first-order valence-electron chi connectivity index (χ1n) is 12.0. The number of rotatable bonds is 4. The first-order chi connectivity index (χ1) is 17.2. The van der Waals surface area contributed by atoms with E-state index in [1.807, 2.05) is 80.6 Å². The summed E-state index contributed by atoms with van der Waals surface area (Å²) in [6.45, 7) is 3.87. The molecule has 3 amide bonds. The van der Waals surface area contributed by atoms with Crippen LogP contribution in [0.3, 0.4) is 0 Å². The third kappa shape index (κ3) is 2.93. The number of likely N-dealkylation sites (tertiary alicyclic amines) is 1. The normalized spacial score (nSPS) is 27.5. The van der Waals surface area contributed by atoms with Crippen molar-refractivity contribution in [3.63, 3.8) is 0 Å². The fourth-order valence-electron chi connectivity index (χ4n) is 6.33. The summed E-state index contributed by atoms with van der Waals surface area (Å²) in [5.41, 5.74) is 5.80. The number of benzene rings is 3. The number of nitrogens with zero attached hydrogens (tertiary/aromatic N) is 1. The number of aryl methyl sites for hydroxylation is 2. The first kappa shape index (κ1) is 23.3. The second kappa shape index (κ2) is 7.92. The standard InChI is InChI=1S/C29H24Cl2N2O3/c1-16-11-12-22(17(2)15-16)32-23(34)13-14-33-26(35)24-25(27(33)36)29(31)19-8-4-3-7-18(19)28(24,30)20-9-5-6-10-21(20)29/h3-12,15,24-25H,13-14H2,1-2H3,(H,32,34)/t24-,25-,28?,29?/m1/s1. The van der Waals surface area contributed by atoms with Crippen molar-refractivity contribution in [1.29, 1.82) is 0 Å². The van der Waals surface area contributed by atoms with Crippen molar-refractivity contribution in [3.05, 3.63) is 100 Å². The molecule has 0 spiro atoms. The lowest BCUT2D eigenvalue weighted by Gasteiger charge is -2.54. The fourth-order valence-corrected chi connectivity index (χ4v) is 7.42. The van der Waals surface area contributed by atoms with Crippen LogP contribution in [0.15, 0.2) is 66.7 Å². The van der Waals surface area contributed by atoms with Crippen molar-refractivity contribution in [2.75, 3.05) is 11.9 Å². The van der Waals surface area contributed by atoms with Gasteiger partial charge in [0.15, 0.2) is 0 Å². The van der Waals surface area contributed by atoms with E-state index in [0.717, 1.165) is 33.4 Å². The summed E-state index contributed by atoms with van der Waals surface area (Å²) in [6.07, 6.45) is -0.0191. The van der Waals surface area contributed by atoms with Crippen molar-refractivity contribution in [2.45, 2.75) is 30.0 Å². The van der Waals surface area contributed by atoms with Crippen molar-refractivity contribution in [2.24, 2.45) is 11.8 Å². The maximum absolute atomic E-state index is 13.8. The van der Waals surface area contributed by atoms with Gasteiger partial charge in [0.1, 0.15) is 9.75 Å². The number of imide groups is 1. The van der Waals surface area contributed by atoms with E-state index in [4.69, 9.17) is 23.2 Å². The minimum Gasteiger partial charge on any atom is -0.326 e.